The topological polar surface area (TPSA) is 62.7 Å². The molecule has 1 aromatic carbocycles. The van der Waals surface area contributed by atoms with E-state index in [9.17, 15) is 14.3 Å². The molecule has 0 radical (unpaired) electrons. The summed E-state index contributed by atoms with van der Waals surface area (Å²) in [6.45, 7) is 0.522. The zero-order valence-corrected chi connectivity index (χ0v) is 14.1. The van der Waals surface area contributed by atoms with Gasteiger partial charge in [-0.15, -0.1) is 0 Å². The number of halogens is 1. The summed E-state index contributed by atoms with van der Waals surface area (Å²) in [5, 5.41) is 9.95. The minimum Gasteiger partial charge on any atom is -0.505 e. The van der Waals surface area contributed by atoms with Gasteiger partial charge in [0.1, 0.15) is 11.6 Å². The number of benzene rings is 1. The Bertz CT molecular complexity index is 753. The van der Waals surface area contributed by atoms with E-state index in [4.69, 9.17) is 4.74 Å². The molecule has 132 valence electrons. The maximum absolute atomic E-state index is 14.1. The summed E-state index contributed by atoms with van der Waals surface area (Å²) in [6, 6.07) is 9.24. The lowest BCUT2D eigenvalue weighted by Crippen LogP contribution is -2.53. The molecule has 6 heteroatoms. The molecule has 3 rings (SSSR count). The average Bonchev–Trinajstić information content (AvgIpc) is 2.63. The van der Waals surface area contributed by atoms with E-state index in [-0.39, 0.29) is 35.3 Å². The number of aromatic nitrogens is 1. The van der Waals surface area contributed by atoms with Crippen molar-refractivity contribution in [2.45, 2.75) is 31.4 Å². The Morgan fingerprint density at radius 2 is 2.16 bits per heavy atom. The first-order valence-corrected chi connectivity index (χ1v) is 8.33. The molecule has 1 amide bonds. The van der Waals surface area contributed by atoms with Crippen molar-refractivity contribution < 1.29 is 19.0 Å². The molecule has 1 N–H and O–H groups in total. The van der Waals surface area contributed by atoms with Crippen LogP contribution in [0.4, 0.5) is 4.39 Å². The summed E-state index contributed by atoms with van der Waals surface area (Å²) in [5.74, 6) is -0.811. The quantitative estimate of drug-likeness (QED) is 0.926. The van der Waals surface area contributed by atoms with Gasteiger partial charge in [0.25, 0.3) is 5.91 Å². The van der Waals surface area contributed by atoms with Crippen molar-refractivity contribution in [3.8, 4) is 5.75 Å². The van der Waals surface area contributed by atoms with E-state index in [2.05, 4.69) is 4.98 Å². The number of rotatable bonds is 4. The highest BCUT2D eigenvalue weighted by atomic mass is 19.1. The van der Waals surface area contributed by atoms with Crippen LogP contribution in [-0.2, 0) is 11.2 Å². The van der Waals surface area contributed by atoms with E-state index in [1.807, 2.05) is 0 Å². The number of amides is 1. The first kappa shape index (κ1) is 17.4. The molecular weight excluding hydrogens is 323 g/mol. The zero-order chi connectivity index (χ0) is 17.8. The van der Waals surface area contributed by atoms with Crippen molar-refractivity contribution in [1.29, 1.82) is 0 Å². The van der Waals surface area contributed by atoms with Gasteiger partial charge >= 0.3 is 0 Å². The van der Waals surface area contributed by atoms with Gasteiger partial charge in [0.2, 0.25) is 0 Å². The Balaban J connectivity index is 1.91. The molecule has 1 aromatic heterocycles. The van der Waals surface area contributed by atoms with E-state index < -0.39 is 0 Å². The Morgan fingerprint density at radius 3 is 2.88 bits per heavy atom. The number of pyridine rings is 1. The Kier molecular flexibility index (Phi) is 5.28. The van der Waals surface area contributed by atoms with Gasteiger partial charge in [-0.05, 0) is 43.0 Å². The molecule has 2 aromatic rings. The van der Waals surface area contributed by atoms with Crippen molar-refractivity contribution in [2.75, 3.05) is 13.7 Å². The number of likely N-dealkylation sites (tertiary alicyclic amines) is 1. The van der Waals surface area contributed by atoms with Gasteiger partial charge in [-0.2, -0.15) is 0 Å². The number of nitrogens with zero attached hydrogens (tertiary/aromatic N) is 2. The highest BCUT2D eigenvalue weighted by molar-refractivity contribution is 5.95. The van der Waals surface area contributed by atoms with E-state index in [1.54, 1.807) is 36.3 Å². The Hall–Kier alpha value is -2.47. The third kappa shape index (κ3) is 3.64. The standard InChI is InChI=1S/C19H21FN2O3/c1-25-17-9-5-11-22(19(24)18-16(23)8-4-10-21-18)15(17)12-13-6-2-3-7-14(13)20/h2-4,6-8,10,15,17,23H,5,9,11-12H2,1H3/t15-,17-/m0/s1. The van der Waals surface area contributed by atoms with E-state index in [1.165, 1.54) is 18.3 Å². The maximum Gasteiger partial charge on any atom is 0.276 e. The van der Waals surface area contributed by atoms with Crippen LogP contribution in [0.5, 0.6) is 5.75 Å². The largest absolute Gasteiger partial charge is 0.505 e. The average molecular weight is 344 g/mol. The lowest BCUT2D eigenvalue weighted by atomic mass is 9.92. The van der Waals surface area contributed by atoms with Crippen LogP contribution in [0.1, 0.15) is 28.9 Å². The van der Waals surface area contributed by atoms with Gasteiger partial charge in [-0.3, -0.25) is 4.79 Å². The summed E-state index contributed by atoms with van der Waals surface area (Å²) in [6.07, 6.45) is 3.21. The molecule has 0 saturated carbocycles. The van der Waals surface area contributed by atoms with Crippen LogP contribution >= 0.6 is 0 Å². The minimum atomic E-state index is -0.360. The van der Waals surface area contributed by atoms with E-state index >= 15 is 0 Å². The molecule has 5 nitrogen and oxygen atoms in total. The summed E-state index contributed by atoms with van der Waals surface area (Å²) in [5.41, 5.74) is 0.553. The Morgan fingerprint density at radius 1 is 1.36 bits per heavy atom. The second-order valence-corrected chi connectivity index (χ2v) is 6.15. The molecule has 2 atom stereocenters. The van der Waals surface area contributed by atoms with Crippen LogP contribution in [0.2, 0.25) is 0 Å². The normalized spacial score (nSPS) is 20.5. The molecule has 1 aliphatic rings. The number of carbonyl (C=O) groups is 1. The lowest BCUT2D eigenvalue weighted by molar-refractivity contribution is -0.0123. The van der Waals surface area contributed by atoms with Crippen LogP contribution in [0.15, 0.2) is 42.6 Å². The third-order valence-electron chi connectivity index (χ3n) is 4.66. The second kappa shape index (κ2) is 7.61. The van der Waals surface area contributed by atoms with Crippen LogP contribution in [0, 0.1) is 5.82 Å². The third-order valence-corrected chi connectivity index (χ3v) is 4.66. The van der Waals surface area contributed by atoms with Crippen molar-refractivity contribution in [2.24, 2.45) is 0 Å². The summed E-state index contributed by atoms with van der Waals surface area (Å²) in [7, 11) is 1.60. The molecule has 2 heterocycles. The number of piperidine rings is 1. The second-order valence-electron chi connectivity index (χ2n) is 6.15. The van der Waals surface area contributed by atoms with Crippen molar-refractivity contribution in [1.82, 2.24) is 9.88 Å². The number of aromatic hydroxyl groups is 1. The first-order chi connectivity index (χ1) is 12.1. The summed E-state index contributed by atoms with van der Waals surface area (Å²) in [4.78, 5) is 18.6. The molecule has 1 aliphatic heterocycles. The van der Waals surface area contributed by atoms with Gasteiger partial charge < -0.3 is 14.7 Å². The number of hydrogen-bond acceptors (Lipinski definition) is 4. The van der Waals surface area contributed by atoms with Crippen molar-refractivity contribution in [3.05, 3.63) is 59.7 Å². The van der Waals surface area contributed by atoms with Crippen molar-refractivity contribution in [3.63, 3.8) is 0 Å². The minimum absolute atomic E-state index is 0.0118. The van der Waals surface area contributed by atoms with Crippen LogP contribution in [0.3, 0.4) is 0 Å². The van der Waals surface area contributed by atoms with Gasteiger partial charge in [0, 0.05) is 19.9 Å². The smallest absolute Gasteiger partial charge is 0.276 e. The van der Waals surface area contributed by atoms with Gasteiger partial charge in [-0.25, -0.2) is 9.37 Å². The molecule has 0 bridgehead atoms. The molecule has 0 aliphatic carbocycles. The van der Waals surface area contributed by atoms with E-state index in [0.717, 1.165) is 12.8 Å². The number of hydrogen-bond donors (Lipinski definition) is 1. The fourth-order valence-corrected chi connectivity index (χ4v) is 3.38. The fourth-order valence-electron chi connectivity index (χ4n) is 3.38. The van der Waals surface area contributed by atoms with Crippen LogP contribution in [-0.4, -0.2) is 46.7 Å². The van der Waals surface area contributed by atoms with Crippen molar-refractivity contribution >= 4 is 5.91 Å². The molecule has 0 spiro atoms. The monoisotopic (exact) mass is 344 g/mol. The predicted octanol–water partition coefficient (Wildman–Crippen LogP) is 2.79. The molecule has 1 saturated heterocycles. The summed E-state index contributed by atoms with van der Waals surface area (Å²) < 4.78 is 19.7. The molecule has 25 heavy (non-hydrogen) atoms. The van der Waals surface area contributed by atoms with Crippen LogP contribution in [0.25, 0.3) is 0 Å². The number of ether oxygens (including phenoxy) is 1. The highest BCUT2D eigenvalue weighted by Gasteiger charge is 2.36. The Labute approximate surface area is 146 Å². The molecule has 1 fully saturated rings. The number of methoxy groups -OCH3 is 1. The fraction of sp³-hybridized carbons (Fsp3) is 0.368. The molecular formula is C19H21FN2O3. The summed E-state index contributed by atoms with van der Waals surface area (Å²) >= 11 is 0. The van der Waals surface area contributed by atoms with Crippen LogP contribution < -0.4 is 0 Å². The number of carbonyl (C=O) groups excluding carboxylic acids is 1. The first-order valence-electron chi connectivity index (χ1n) is 8.33. The molecule has 0 unspecified atom stereocenters. The predicted molar refractivity (Wildman–Crippen MR) is 90.9 cm³/mol. The van der Waals surface area contributed by atoms with E-state index in [0.29, 0.717) is 18.5 Å². The lowest BCUT2D eigenvalue weighted by Gasteiger charge is -2.40. The van der Waals surface area contributed by atoms with Gasteiger partial charge in [0.15, 0.2) is 5.69 Å². The maximum atomic E-state index is 14.1. The zero-order valence-electron chi connectivity index (χ0n) is 14.1. The highest BCUT2D eigenvalue weighted by Crippen LogP contribution is 2.27. The SMILES string of the molecule is CO[C@H]1CCCN(C(=O)c2ncccc2O)[C@H]1Cc1ccccc1F. The van der Waals surface area contributed by atoms with Gasteiger partial charge in [-0.1, -0.05) is 18.2 Å². The van der Waals surface area contributed by atoms with Gasteiger partial charge in [0.05, 0.1) is 12.1 Å².